The zero-order valence-electron chi connectivity index (χ0n) is 21.9. The molecular formula is C30H34F3N3O3. The van der Waals surface area contributed by atoms with Crippen LogP contribution in [0.1, 0.15) is 83.6 Å². The third-order valence-electron chi connectivity index (χ3n) is 9.84. The average Bonchev–Trinajstić information content (AvgIpc) is 3.50. The summed E-state index contributed by atoms with van der Waals surface area (Å²) in [4.78, 5) is 33.8. The van der Waals surface area contributed by atoms with Gasteiger partial charge >= 0.3 is 12.1 Å². The van der Waals surface area contributed by atoms with Gasteiger partial charge in [-0.25, -0.2) is 4.79 Å². The maximum absolute atomic E-state index is 14.1. The Hall–Kier alpha value is -2.94. The predicted molar refractivity (Wildman–Crippen MR) is 138 cm³/mol. The van der Waals surface area contributed by atoms with Gasteiger partial charge in [-0.05, 0) is 92.8 Å². The fraction of sp³-hybridized carbons (Fsp3) is 0.567. The van der Waals surface area contributed by atoms with Crippen molar-refractivity contribution in [3.8, 4) is 0 Å². The largest absolute Gasteiger partial charge is 0.478 e. The van der Waals surface area contributed by atoms with Gasteiger partial charge < -0.3 is 14.9 Å². The van der Waals surface area contributed by atoms with Gasteiger partial charge in [0.25, 0.3) is 0 Å². The van der Waals surface area contributed by atoms with Gasteiger partial charge in [-0.2, -0.15) is 13.2 Å². The molecule has 0 spiro atoms. The number of benzene rings is 1. The van der Waals surface area contributed by atoms with E-state index in [-0.39, 0.29) is 12.5 Å². The quantitative estimate of drug-likeness (QED) is 0.553. The number of hydrogen-bond donors (Lipinski definition) is 1. The van der Waals surface area contributed by atoms with Crippen molar-refractivity contribution < 1.29 is 27.9 Å². The maximum atomic E-state index is 14.1. The highest BCUT2D eigenvalue weighted by Crippen LogP contribution is 2.57. The first kappa shape index (κ1) is 26.3. The number of carbonyl (C=O) groups is 2. The fourth-order valence-corrected chi connectivity index (χ4v) is 7.83. The average molecular weight is 542 g/mol. The molecule has 39 heavy (non-hydrogen) atoms. The number of carboxylic acid groups (broad SMARTS) is 1. The van der Waals surface area contributed by atoms with Gasteiger partial charge in [0.1, 0.15) is 0 Å². The molecule has 3 heterocycles. The molecule has 1 saturated heterocycles. The van der Waals surface area contributed by atoms with E-state index in [4.69, 9.17) is 0 Å². The standard InChI is InChI=1S/C30H34F3N3O3/c31-30(32,33)24-14-22-18-36(12-8-26(22)34-17-24)28(39)29-9-2-5-23(29)15-25(16-29)35-10-6-19(7-11-35)20-3-1-4-21(13-20)27(37)38/h1,3-4,13-14,17,19,23,25H,2,5-12,15-16,18H2,(H,37,38)/t23-,25+,29-/m1/s1. The molecule has 0 radical (unpaired) electrons. The van der Waals surface area contributed by atoms with Crippen molar-refractivity contribution in [3.05, 3.63) is 64.5 Å². The number of piperidine rings is 1. The number of amides is 1. The lowest BCUT2D eigenvalue weighted by atomic mass is 9.78. The van der Waals surface area contributed by atoms with E-state index in [1.54, 1.807) is 17.0 Å². The maximum Gasteiger partial charge on any atom is 0.417 e. The molecule has 2 saturated carbocycles. The number of fused-ring (bicyclic) bond motifs is 2. The van der Waals surface area contributed by atoms with Crippen molar-refractivity contribution in [1.29, 1.82) is 0 Å². The first-order valence-electron chi connectivity index (χ1n) is 14.1. The van der Waals surface area contributed by atoms with Gasteiger partial charge in [0.05, 0.1) is 16.5 Å². The van der Waals surface area contributed by atoms with E-state index in [0.29, 0.717) is 47.7 Å². The molecule has 1 aromatic carbocycles. The zero-order chi connectivity index (χ0) is 27.4. The number of rotatable bonds is 4. The highest BCUT2D eigenvalue weighted by Gasteiger charge is 2.57. The van der Waals surface area contributed by atoms with E-state index >= 15 is 0 Å². The van der Waals surface area contributed by atoms with E-state index in [1.165, 1.54) is 6.07 Å². The molecule has 0 unspecified atom stereocenters. The summed E-state index contributed by atoms with van der Waals surface area (Å²) in [7, 11) is 0. The Labute approximate surface area is 226 Å². The molecule has 6 nitrogen and oxygen atoms in total. The summed E-state index contributed by atoms with van der Waals surface area (Å²) in [6.07, 6.45) is 3.58. The third kappa shape index (κ3) is 4.83. The van der Waals surface area contributed by atoms with Crippen LogP contribution in [0.5, 0.6) is 0 Å². The summed E-state index contributed by atoms with van der Waals surface area (Å²) in [6.45, 7) is 2.55. The minimum absolute atomic E-state index is 0.121. The summed E-state index contributed by atoms with van der Waals surface area (Å²) in [5, 5.41) is 9.34. The first-order chi connectivity index (χ1) is 18.6. The van der Waals surface area contributed by atoms with Crippen LogP contribution < -0.4 is 0 Å². The summed E-state index contributed by atoms with van der Waals surface area (Å²) in [5.41, 5.74) is 1.41. The summed E-state index contributed by atoms with van der Waals surface area (Å²) >= 11 is 0. The Morgan fingerprint density at radius 2 is 1.87 bits per heavy atom. The molecule has 1 aromatic heterocycles. The molecule has 208 valence electrons. The number of alkyl halides is 3. The molecule has 2 aliphatic carbocycles. The van der Waals surface area contributed by atoms with Crippen molar-refractivity contribution in [2.75, 3.05) is 19.6 Å². The van der Waals surface area contributed by atoms with Gasteiger partial charge in [0.2, 0.25) is 5.91 Å². The van der Waals surface area contributed by atoms with Crippen LogP contribution in [0.2, 0.25) is 0 Å². The molecule has 6 rings (SSSR count). The van der Waals surface area contributed by atoms with Gasteiger partial charge in [0, 0.05) is 37.4 Å². The lowest BCUT2D eigenvalue weighted by Crippen LogP contribution is -2.47. The van der Waals surface area contributed by atoms with Crippen LogP contribution in [0.4, 0.5) is 13.2 Å². The monoisotopic (exact) mass is 541 g/mol. The lowest BCUT2D eigenvalue weighted by molar-refractivity contribution is -0.144. The van der Waals surface area contributed by atoms with Crippen LogP contribution in [0.15, 0.2) is 36.5 Å². The number of hydrogen-bond acceptors (Lipinski definition) is 4. The van der Waals surface area contributed by atoms with Crippen LogP contribution in [-0.2, 0) is 23.9 Å². The second-order valence-electron chi connectivity index (χ2n) is 11.9. The predicted octanol–water partition coefficient (Wildman–Crippen LogP) is 5.51. The number of pyridine rings is 1. The van der Waals surface area contributed by atoms with E-state index in [9.17, 15) is 27.9 Å². The van der Waals surface area contributed by atoms with E-state index in [0.717, 1.165) is 69.8 Å². The molecule has 3 fully saturated rings. The molecular weight excluding hydrogens is 507 g/mol. The fourth-order valence-electron chi connectivity index (χ4n) is 7.83. The van der Waals surface area contributed by atoms with Crippen molar-refractivity contribution >= 4 is 11.9 Å². The molecule has 3 atom stereocenters. The number of carboxylic acids is 1. The number of carbonyl (C=O) groups excluding carboxylic acids is 1. The van der Waals surface area contributed by atoms with Gasteiger partial charge in [-0.3, -0.25) is 9.78 Å². The smallest absolute Gasteiger partial charge is 0.417 e. The van der Waals surface area contributed by atoms with E-state index in [2.05, 4.69) is 9.88 Å². The van der Waals surface area contributed by atoms with Crippen LogP contribution in [0.25, 0.3) is 0 Å². The highest BCUT2D eigenvalue weighted by atomic mass is 19.4. The minimum Gasteiger partial charge on any atom is -0.478 e. The molecule has 4 aliphatic rings. The second kappa shape index (κ2) is 9.91. The Morgan fingerprint density at radius 1 is 1.08 bits per heavy atom. The SMILES string of the molecule is O=C(O)c1cccc(C2CCN([C@H]3C[C@H]4CCC[C@@]4(C(=O)N4CCc5ncc(C(F)(F)F)cc5C4)C3)CC2)c1. The summed E-state index contributed by atoms with van der Waals surface area (Å²) < 4.78 is 39.8. The number of nitrogens with zero attached hydrogens (tertiary/aromatic N) is 3. The van der Waals surface area contributed by atoms with Gasteiger partial charge in [-0.15, -0.1) is 0 Å². The molecule has 2 aliphatic heterocycles. The first-order valence-corrected chi connectivity index (χ1v) is 14.1. The van der Waals surface area contributed by atoms with Gasteiger partial charge in [-0.1, -0.05) is 18.6 Å². The van der Waals surface area contributed by atoms with Crippen LogP contribution in [0, 0.1) is 11.3 Å². The third-order valence-corrected chi connectivity index (χ3v) is 9.84. The van der Waals surface area contributed by atoms with Crippen LogP contribution >= 0.6 is 0 Å². The van der Waals surface area contributed by atoms with E-state index < -0.39 is 23.1 Å². The second-order valence-corrected chi connectivity index (χ2v) is 11.9. The Kier molecular flexibility index (Phi) is 6.68. The highest BCUT2D eigenvalue weighted by molar-refractivity contribution is 5.87. The topological polar surface area (TPSA) is 73.7 Å². The Bertz CT molecular complexity index is 1270. The Balaban J connectivity index is 1.13. The molecule has 9 heteroatoms. The van der Waals surface area contributed by atoms with Crippen LogP contribution in [-0.4, -0.2) is 57.4 Å². The van der Waals surface area contributed by atoms with Crippen molar-refractivity contribution in [2.24, 2.45) is 11.3 Å². The Morgan fingerprint density at radius 3 is 2.62 bits per heavy atom. The number of aromatic nitrogens is 1. The lowest BCUT2D eigenvalue weighted by Gasteiger charge is -2.39. The minimum atomic E-state index is -4.45. The van der Waals surface area contributed by atoms with Crippen molar-refractivity contribution in [1.82, 2.24) is 14.8 Å². The molecule has 0 bridgehead atoms. The zero-order valence-corrected chi connectivity index (χ0v) is 21.9. The normalized spacial score (nSPS) is 27.8. The van der Waals surface area contributed by atoms with Crippen LogP contribution in [0.3, 0.4) is 0 Å². The summed E-state index contributed by atoms with van der Waals surface area (Å²) in [5.74, 6) is -0.131. The number of aromatic carboxylic acids is 1. The number of likely N-dealkylation sites (tertiary alicyclic amines) is 1. The van der Waals surface area contributed by atoms with Crippen molar-refractivity contribution in [3.63, 3.8) is 0 Å². The summed E-state index contributed by atoms with van der Waals surface area (Å²) in [6, 6.07) is 8.75. The van der Waals surface area contributed by atoms with E-state index in [1.807, 2.05) is 12.1 Å². The molecule has 1 amide bonds. The number of halogens is 3. The van der Waals surface area contributed by atoms with Crippen molar-refractivity contribution in [2.45, 2.75) is 76.0 Å². The van der Waals surface area contributed by atoms with Gasteiger partial charge in [0.15, 0.2) is 0 Å². The molecule has 2 aromatic rings. The molecule has 1 N–H and O–H groups in total.